The molecule has 2 aromatic rings. The fourth-order valence-corrected chi connectivity index (χ4v) is 4.31. The van der Waals surface area contributed by atoms with E-state index >= 15 is 0 Å². The number of amides is 1. The summed E-state index contributed by atoms with van der Waals surface area (Å²) in [4.78, 5) is 14.8. The van der Waals surface area contributed by atoms with Gasteiger partial charge in [-0.15, -0.1) is 0 Å². The molecule has 128 valence electrons. The van der Waals surface area contributed by atoms with E-state index in [1.54, 1.807) is 6.26 Å². The maximum Gasteiger partial charge on any atom is 0.227 e. The molecule has 0 saturated carbocycles. The molecule has 1 aromatic carbocycles. The van der Waals surface area contributed by atoms with Crippen molar-refractivity contribution in [3.63, 3.8) is 0 Å². The van der Waals surface area contributed by atoms with Crippen LogP contribution < -0.4 is 5.32 Å². The molecule has 2 aliphatic rings. The van der Waals surface area contributed by atoms with E-state index in [0.717, 1.165) is 55.4 Å². The van der Waals surface area contributed by atoms with Gasteiger partial charge in [0.15, 0.2) is 0 Å². The Kier molecular flexibility index (Phi) is 4.31. The van der Waals surface area contributed by atoms with E-state index in [1.807, 2.05) is 11.9 Å². The highest BCUT2D eigenvalue weighted by molar-refractivity contribution is 5.88. The molecular formula is C20H26N2O2. The molecule has 1 fully saturated rings. The van der Waals surface area contributed by atoms with Crippen molar-refractivity contribution in [2.45, 2.75) is 38.5 Å². The van der Waals surface area contributed by atoms with E-state index in [2.05, 4.69) is 17.4 Å². The highest BCUT2D eigenvalue weighted by Gasteiger charge is 2.24. The molecule has 1 aromatic heterocycles. The molecular weight excluding hydrogens is 300 g/mol. The number of benzene rings is 1. The molecule has 1 aliphatic heterocycles. The van der Waals surface area contributed by atoms with Crippen LogP contribution in [0.4, 0.5) is 0 Å². The molecule has 4 heteroatoms. The lowest BCUT2D eigenvalue weighted by atomic mass is 9.97. The summed E-state index contributed by atoms with van der Waals surface area (Å²) in [5.74, 6) is 0.816. The lowest BCUT2D eigenvalue weighted by Crippen LogP contribution is -2.43. The first-order valence-corrected chi connectivity index (χ1v) is 9.19. The molecule has 1 aliphatic carbocycles. The standard InChI is InChI=1S/C20H26N2O2/c1-21-11-14-4-3-7-22(12-14)20(23)10-17-13-24-19-9-16-6-2-5-15(16)8-18(17)19/h8-9,13-14,21H,2-7,10-12H2,1H3. The van der Waals surface area contributed by atoms with Gasteiger partial charge in [-0.2, -0.15) is 0 Å². The van der Waals surface area contributed by atoms with Crippen LogP contribution in [0.25, 0.3) is 11.0 Å². The Morgan fingerprint density at radius 3 is 2.96 bits per heavy atom. The van der Waals surface area contributed by atoms with E-state index in [4.69, 9.17) is 4.42 Å². The fraction of sp³-hybridized carbons (Fsp3) is 0.550. The first-order valence-electron chi connectivity index (χ1n) is 9.19. The lowest BCUT2D eigenvalue weighted by molar-refractivity contribution is -0.132. The van der Waals surface area contributed by atoms with Gasteiger partial charge in [0, 0.05) is 24.0 Å². The Morgan fingerprint density at radius 1 is 1.29 bits per heavy atom. The van der Waals surface area contributed by atoms with Crippen molar-refractivity contribution in [3.05, 3.63) is 35.1 Å². The van der Waals surface area contributed by atoms with Gasteiger partial charge in [0.2, 0.25) is 5.91 Å². The summed E-state index contributed by atoms with van der Waals surface area (Å²) in [6.45, 7) is 2.76. The van der Waals surface area contributed by atoms with Crippen molar-refractivity contribution in [1.82, 2.24) is 10.2 Å². The maximum absolute atomic E-state index is 12.8. The van der Waals surface area contributed by atoms with Crippen LogP contribution in [0.15, 0.2) is 22.8 Å². The van der Waals surface area contributed by atoms with Gasteiger partial charge in [0.25, 0.3) is 0 Å². The number of carbonyl (C=O) groups is 1. The summed E-state index contributed by atoms with van der Waals surface area (Å²) in [6, 6.07) is 4.43. The number of rotatable bonds is 4. The summed E-state index contributed by atoms with van der Waals surface area (Å²) in [6.07, 6.45) is 8.10. The third-order valence-electron chi connectivity index (χ3n) is 5.57. The first kappa shape index (κ1) is 15.7. The van der Waals surface area contributed by atoms with Gasteiger partial charge in [-0.1, -0.05) is 0 Å². The summed E-state index contributed by atoms with van der Waals surface area (Å²) >= 11 is 0. The van der Waals surface area contributed by atoms with Gasteiger partial charge in [0.05, 0.1) is 12.7 Å². The van der Waals surface area contributed by atoms with Crippen molar-refractivity contribution in [3.8, 4) is 0 Å². The van der Waals surface area contributed by atoms with E-state index in [9.17, 15) is 4.79 Å². The van der Waals surface area contributed by atoms with Crippen molar-refractivity contribution in [2.24, 2.45) is 5.92 Å². The van der Waals surface area contributed by atoms with Crippen LogP contribution in [0, 0.1) is 5.92 Å². The number of hydrogen-bond acceptors (Lipinski definition) is 3. The molecule has 1 N–H and O–H groups in total. The van der Waals surface area contributed by atoms with Gasteiger partial charge in [-0.3, -0.25) is 4.79 Å². The molecule has 0 spiro atoms. The molecule has 2 heterocycles. The predicted octanol–water partition coefficient (Wildman–Crippen LogP) is 2.92. The summed E-state index contributed by atoms with van der Waals surface area (Å²) in [5, 5.41) is 4.37. The summed E-state index contributed by atoms with van der Waals surface area (Å²) < 4.78 is 5.74. The largest absolute Gasteiger partial charge is 0.464 e. The van der Waals surface area contributed by atoms with Crippen molar-refractivity contribution < 1.29 is 9.21 Å². The average Bonchev–Trinajstić information content (AvgIpc) is 3.20. The smallest absolute Gasteiger partial charge is 0.227 e. The van der Waals surface area contributed by atoms with Crippen LogP contribution in [-0.2, 0) is 24.1 Å². The predicted molar refractivity (Wildman–Crippen MR) is 95.2 cm³/mol. The second-order valence-electron chi connectivity index (χ2n) is 7.31. The van der Waals surface area contributed by atoms with Crippen molar-refractivity contribution in [1.29, 1.82) is 0 Å². The minimum absolute atomic E-state index is 0.235. The van der Waals surface area contributed by atoms with Crippen molar-refractivity contribution >= 4 is 16.9 Å². The topological polar surface area (TPSA) is 45.5 Å². The molecule has 4 nitrogen and oxygen atoms in total. The third kappa shape index (κ3) is 2.95. The zero-order valence-corrected chi connectivity index (χ0v) is 14.4. The number of furan rings is 1. The van der Waals surface area contributed by atoms with Crippen LogP contribution in [0.3, 0.4) is 0 Å². The fourth-order valence-electron chi connectivity index (χ4n) is 4.31. The van der Waals surface area contributed by atoms with Gasteiger partial charge in [0.1, 0.15) is 5.58 Å². The van der Waals surface area contributed by atoms with Gasteiger partial charge in [-0.25, -0.2) is 0 Å². The molecule has 1 saturated heterocycles. The number of hydrogen-bond donors (Lipinski definition) is 1. The lowest BCUT2D eigenvalue weighted by Gasteiger charge is -2.32. The van der Waals surface area contributed by atoms with E-state index in [-0.39, 0.29) is 5.91 Å². The van der Waals surface area contributed by atoms with E-state index < -0.39 is 0 Å². The van der Waals surface area contributed by atoms with Crippen molar-refractivity contribution in [2.75, 3.05) is 26.7 Å². The Labute approximate surface area is 143 Å². The number of likely N-dealkylation sites (tertiary alicyclic amines) is 1. The molecule has 4 rings (SSSR count). The Morgan fingerprint density at radius 2 is 2.12 bits per heavy atom. The van der Waals surface area contributed by atoms with Crippen LogP contribution in [-0.4, -0.2) is 37.5 Å². The second-order valence-corrected chi connectivity index (χ2v) is 7.31. The number of aryl methyl sites for hydroxylation is 2. The Bertz CT molecular complexity index is 747. The number of nitrogens with one attached hydrogen (secondary N) is 1. The molecule has 0 radical (unpaired) electrons. The molecule has 24 heavy (non-hydrogen) atoms. The number of nitrogens with zero attached hydrogens (tertiary/aromatic N) is 1. The molecule has 1 unspecified atom stereocenters. The van der Waals surface area contributed by atoms with Crippen LogP contribution in [0.1, 0.15) is 36.0 Å². The summed E-state index contributed by atoms with van der Waals surface area (Å²) in [5.41, 5.74) is 4.83. The van der Waals surface area contributed by atoms with Gasteiger partial charge >= 0.3 is 0 Å². The minimum atomic E-state index is 0.235. The first-order chi connectivity index (χ1) is 11.7. The van der Waals surface area contributed by atoms with Gasteiger partial charge in [-0.05, 0) is 74.9 Å². The summed E-state index contributed by atoms with van der Waals surface area (Å²) in [7, 11) is 1.98. The average molecular weight is 326 g/mol. The minimum Gasteiger partial charge on any atom is -0.464 e. The van der Waals surface area contributed by atoms with Crippen LogP contribution >= 0.6 is 0 Å². The van der Waals surface area contributed by atoms with Gasteiger partial charge < -0.3 is 14.6 Å². The highest BCUT2D eigenvalue weighted by Crippen LogP contribution is 2.31. The highest BCUT2D eigenvalue weighted by atomic mass is 16.3. The number of fused-ring (bicyclic) bond motifs is 2. The third-order valence-corrected chi connectivity index (χ3v) is 5.57. The maximum atomic E-state index is 12.8. The monoisotopic (exact) mass is 326 g/mol. The SMILES string of the molecule is CNCC1CCCN(C(=O)Cc2coc3cc4c(cc23)CCC4)C1. The Balaban J connectivity index is 1.50. The molecule has 0 bridgehead atoms. The normalized spacial score (nSPS) is 20.5. The number of carbonyl (C=O) groups excluding carboxylic acids is 1. The Hall–Kier alpha value is -1.81. The molecule has 1 atom stereocenters. The zero-order valence-electron chi connectivity index (χ0n) is 14.4. The quantitative estimate of drug-likeness (QED) is 0.939. The zero-order chi connectivity index (χ0) is 16.5. The van der Waals surface area contributed by atoms with E-state index in [1.165, 1.54) is 24.0 Å². The van der Waals surface area contributed by atoms with E-state index in [0.29, 0.717) is 12.3 Å². The number of piperidine rings is 1. The van der Waals surface area contributed by atoms with Crippen LogP contribution in [0.5, 0.6) is 0 Å². The van der Waals surface area contributed by atoms with Crippen LogP contribution in [0.2, 0.25) is 0 Å². The second kappa shape index (κ2) is 6.60. The molecule has 1 amide bonds.